The van der Waals surface area contributed by atoms with Crippen LogP contribution in [-0.4, -0.2) is 15.3 Å². The fourth-order valence-electron chi connectivity index (χ4n) is 1.63. The number of fused-ring (bicyclic) bond motifs is 1. The summed E-state index contributed by atoms with van der Waals surface area (Å²) >= 11 is 4.07. The van der Waals surface area contributed by atoms with E-state index in [1.165, 1.54) is 4.57 Å². The summed E-state index contributed by atoms with van der Waals surface area (Å²) in [5, 5.41) is 0.543. The Labute approximate surface area is 97.3 Å². The molecule has 1 aromatic heterocycles. The number of hydrogen-bond donors (Lipinski definition) is 2. The summed E-state index contributed by atoms with van der Waals surface area (Å²) < 4.78 is 1.22. The van der Waals surface area contributed by atoms with Gasteiger partial charge in [0.15, 0.2) is 0 Å². The second-order valence-electron chi connectivity index (χ2n) is 3.51. The number of nitrogens with zero attached hydrogens (tertiary/aromatic N) is 1. The van der Waals surface area contributed by atoms with Gasteiger partial charge in [-0.05, 0) is 24.3 Å². The van der Waals surface area contributed by atoms with E-state index in [2.05, 4.69) is 17.6 Å². The van der Waals surface area contributed by atoms with E-state index < -0.39 is 0 Å². The summed E-state index contributed by atoms with van der Waals surface area (Å²) in [5.41, 5.74) is -0.00811. The van der Waals surface area contributed by atoms with Crippen molar-refractivity contribution in [2.75, 3.05) is 5.75 Å². The van der Waals surface area contributed by atoms with Crippen molar-refractivity contribution < 1.29 is 0 Å². The van der Waals surface area contributed by atoms with E-state index in [9.17, 15) is 9.59 Å². The lowest BCUT2D eigenvalue weighted by Crippen LogP contribution is -2.35. The van der Waals surface area contributed by atoms with Gasteiger partial charge in [-0.2, -0.15) is 12.6 Å². The predicted octanol–water partition coefficient (Wildman–Crippen LogP) is 1.01. The van der Waals surface area contributed by atoms with Gasteiger partial charge in [0.2, 0.25) is 0 Å². The third-order valence-corrected chi connectivity index (χ3v) is 2.75. The van der Waals surface area contributed by atoms with Gasteiger partial charge < -0.3 is 4.98 Å². The molecule has 0 aliphatic carbocycles. The molecule has 0 spiro atoms. The lowest BCUT2D eigenvalue weighted by atomic mass is 10.2. The van der Waals surface area contributed by atoms with Gasteiger partial charge in [-0.1, -0.05) is 12.1 Å². The second-order valence-corrected chi connectivity index (χ2v) is 3.96. The maximum Gasteiger partial charge on any atom is 0.328 e. The maximum atomic E-state index is 12.0. The number of hydrogen-bond acceptors (Lipinski definition) is 3. The normalized spacial score (nSPS) is 10.8. The number of rotatable bonds is 3. The van der Waals surface area contributed by atoms with E-state index in [1.807, 2.05) is 0 Å². The quantitative estimate of drug-likeness (QED) is 0.781. The molecule has 1 N–H and O–H groups in total. The fraction of sp³-hybridized carbons (Fsp3) is 0.273. The van der Waals surface area contributed by atoms with Gasteiger partial charge in [0.1, 0.15) is 0 Å². The largest absolute Gasteiger partial charge is 0.328 e. The first-order chi connectivity index (χ1) is 7.74. The number of nitrogens with one attached hydrogen (secondary N) is 1. The smallest absolute Gasteiger partial charge is 0.307 e. The van der Waals surface area contributed by atoms with Crippen LogP contribution in [0.15, 0.2) is 33.9 Å². The Bertz CT molecular complexity index is 615. The van der Waals surface area contributed by atoms with Crippen LogP contribution in [0.25, 0.3) is 10.9 Å². The van der Waals surface area contributed by atoms with Gasteiger partial charge in [-0.15, -0.1) is 0 Å². The van der Waals surface area contributed by atoms with E-state index in [-0.39, 0.29) is 11.2 Å². The molecule has 2 rings (SSSR count). The molecule has 4 nitrogen and oxygen atoms in total. The van der Waals surface area contributed by atoms with Crippen molar-refractivity contribution >= 4 is 23.5 Å². The highest BCUT2D eigenvalue weighted by Crippen LogP contribution is 2.02. The van der Waals surface area contributed by atoms with Crippen molar-refractivity contribution in [1.29, 1.82) is 0 Å². The van der Waals surface area contributed by atoms with Crippen molar-refractivity contribution in [3.8, 4) is 0 Å². The monoisotopic (exact) mass is 236 g/mol. The molecule has 0 aliphatic rings. The molecule has 0 fully saturated rings. The molecule has 16 heavy (non-hydrogen) atoms. The summed E-state index contributed by atoms with van der Waals surface area (Å²) in [6.07, 6.45) is 0.699. The Morgan fingerprint density at radius 3 is 2.75 bits per heavy atom. The van der Waals surface area contributed by atoms with Crippen molar-refractivity contribution in [3.05, 3.63) is 45.1 Å². The van der Waals surface area contributed by atoms with E-state index in [0.29, 0.717) is 29.6 Å². The Kier molecular flexibility index (Phi) is 3.14. The predicted molar refractivity (Wildman–Crippen MR) is 67.3 cm³/mol. The highest BCUT2D eigenvalue weighted by Gasteiger charge is 2.05. The second kappa shape index (κ2) is 4.57. The standard InChI is InChI=1S/C11H12N2O2S/c14-10-8-4-1-2-5-9(8)12-11(15)13(10)6-3-7-16/h1-2,4-5,16H,3,6-7H2,(H,12,15). The first-order valence-electron chi connectivity index (χ1n) is 5.07. The summed E-state index contributed by atoms with van der Waals surface area (Å²) in [6.45, 7) is 0.405. The molecular formula is C11H12N2O2S. The van der Waals surface area contributed by atoms with E-state index in [4.69, 9.17) is 0 Å². The molecule has 0 radical (unpaired) electrons. The minimum absolute atomic E-state index is 0.235. The van der Waals surface area contributed by atoms with Gasteiger partial charge >= 0.3 is 5.69 Å². The topological polar surface area (TPSA) is 54.9 Å². The van der Waals surface area contributed by atoms with Crippen LogP contribution < -0.4 is 11.2 Å². The molecule has 1 aromatic carbocycles. The summed E-state index contributed by atoms with van der Waals surface area (Å²) in [4.78, 5) is 26.3. The lowest BCUT2D eigenvalue weighted by molar-refractivity contribution is 0.627. The van der Waals surface area contributed by atoms with Gasteiger partial charge in [0, 0.05) is 6.54 Å². The minimum Gasteiger partial charge on any atom is -0.307 e. The molecular weight excluding hydrogens is 224 g/mol. The summed E-state index contributed by atoms with van der Waals surface area (Å²) in [6, 6.07) is 7.01. The average Bonchev–Trinajstić information content (AvgIpc) is 2.29. The van der Waals surface area contributed by atoms with Crippen LogP contribution in [0, 0.1) is 0 Å². The Morgan fingerprint density at radius 2 is 2.00 bits per heavy atom. The summed E-state index contributed by atoms with van der Waals surface area (Å²) in [5.74, 6) is 0.651. The fourth-order valence-corrected chi connectivity index (χ4v) is 1.77. The molecule has 0 atom stereocenters. The zero-order chi connectivity index (χ0) is 11.5. The highest BCUT2D eigenvalue weighted by atomic mass is 32.1. The Hall–Kier alpha value is -1.49. The Balaban J connectivity index is 2.66. The van der Waals surface area contributed by atoms with Crippen molar-refractivity contribution in [2.45, 2.75) is 13.0 Å². The molecule has 0 amide bonds. The number of benzene rings is 1. The molecule has 5 heteroatoms. The first kappa shape index (κ1) is 11.0. The number of H-pyrrole nitrogens is 1. The van der Waals surface area contributed by atoms with Gasteiger partial charge in [0.05, 0.1) is 10.9 Å². The Morgan fingerprint density at radius 1 is 1.25 bits per heavy atom. The van der Waals surface area contributed by atoms with Crippen LogP contribution in [0.3, 0.4) is 0 Å². The molecule has 1 heterocycles. The average molecular weight is 236 g/mol. The van der Waals surface area contributed by atoms with E-state index in [1.54, 1.807) is 24.3 Å². The SMILES string of the molecule is O=c1[nH]c2ccccc2c(=O)n1CCCS. The summed E-state index contributed by atoms with van der Waals surface area (Å²) in [7, 11) is 0. The third-order valence-electron chi connectivity index (χ3n) is 2.43. The number of para-hydroxylation sites is 1. The van der Waals surface area contributed by atoms with Gasteiger partial charge in [-0.3, -0.25) is 9.36 Å². The number of aromatic nitrogens is 2. The van der Waals surface area contributed by atoms with E-state index >= 15 is 0 Å². The highest BCUT2D eigenvalue weighted by molar-refractivity contribution is 7.80. The molecule has 0 saturated carbocycles. The van der Waals surface area contributed by atoms with Crippen LogP contribution in [0.5, 0.6) is 0 Å². The van der Waals surface area contributed by atoms with Gasteiger partial charge in [0.25, 0.3) is 5.56 Å². The molecule has 84 valence electrons. The van der Waals surface area contributed by atoms with Crippen LogP contribution in [0.4, 0.5) is 0 Å². The molecule has 0 unspecified atom stereocenters. The van der Waals surface area contributed by atoms with E-state index in [0.717, 1.165) is 0 Å². The third kappa shape index (κ3) is 1.90. The molecule has 2 aromatic rings. The zero-order valence-electron chi connectivity index (χ0n) is 8.64. The molecule has 0 bridgehead atoms. The number of aromatic amines is 1. The maximum absolute atomic E-state index is 12.0. The van der Waals surface area contributed by atoms with Crippen LogP contribution >= 0.6 is 12.6 Å². The first-order valence-corrected chi connectivity index (χ1v) is 5.70. The van der Waals surface area contributed by atoms with Crippen molar-refractivity contribution in [3.63, 3.8) is 0 Å². The lowest BCUT2D eigenvalue weighted by Gasteiger charge is -2.04. The molecule has 0 saturated heterocycles. The molecule has 0 aliphatic heterocycles. The van der Waals surface area contributed by atoms with Crippen LogP contribution in [0.1, 0.15) is 6.42 Å². The minimum atomic E-state index is -0.356. The van der Waals surface area contributed by atoms with Crippen molar-refractivity contribution in [2.24, 2.45) is 0 Å². The zero-order valence-corrected chi connectivity index (χ0v) is 9.54. The van der Waals surface area contributed by atoms with Crippen molar-refractivity contribution in [1.82, 2.24) is 9.55 Å². The van der Waals surface area contributed by atoms with Crippen LogP contribution in [0.2, 0.25) is 0 Å². The van der Waals surface area contributed by atoms with Gasteiger partial charge in [-0.25, -0.2) is 4.79 Å². The number of thiol groups is 1. The van der Waals surface area contributed by atoms with Crippen LogP contribution in [-0.2, 0) is 6.54 Å².